The molecular formula is C8H10N4. The van der Waals surface area contributed by atoms with Gasteiger partial charge in [-0.2, -0.15) is 5.10 Å². The van der Waals surface area contributed by atoms with Crippen LogP contribution in [0.15, 0.2) is 11.2 Å². The van der Waals surface area contributed by atoms with Gasteiger partial charge in [0.2, 0.25) is 0 Å². The summed E-state index contributed by atoms with van der Waals surface area (Å²) in [6, 6.07) is 0.482. The van der Waals surface area contributed by atoms with Crippen molar-refractivity contribution in [3.8, 4) is 0 Å². The number of aryl methyl sites for hydroxylation is 1. The molecule has 1 unspecified atom stereocenters. The molecule has 4 nitrogen and oxygen atoms in total. The molecule has 0 fully saturated rings. The van der Waals surface area contributed by atoms with Gasteiger partial charge in [-0.05, 0) is 12.8 Å². The highest BCUT2D eigenvalue weighted by Crippen LogP contribution is 2.21. The molecule has 2 N–H and O–H groups in total. The van der Waals surface area contributed by atoms with E-state index in [1.165, 1.54) is 17.0 Å². The molecule has 0 saturated heterocycles. The van der Waals surface area contributed by atoms with E-state index in [-0.39, 0.29) is 0 Å². The van der Waals surface area contributed by atoms with E-state index in [0.29, 0.717) is 6.04 Å². The highest BCUT2D eigenvalue weighted by atomic mass is 15.1. The first kappa shape index (κ1) is 6.37. The molecule has 0 saturated carbocycles. The van der Waals surface area contributed by atoms with Crippen molar-refractivity contribution < 1.29 is 0 Å². The highest BCUT2D eigenvalue weighted by Gasteiger charge is 2.28. The first-order chi connectivity index (χ1) is 5.95. The van der Waals surface area contributed by atoms with E-state index in [9.17, 15) is 0 Å². The lowest BCUT2D eigenvalue weighted by molar-refractivity contribution is 0.615. The van der Waals surface area contributed by atoms with Crippen LogP contribution in [0.1, 0.15) is 17.7 Å². The number of hydrogen-bond acceptors (Lipinski definition) is 3. The summed E-state index contributed by atoms with van der Waals surface area (Å²) in [4.78, 5) is 4.42. The Morgan fingerprint density at radius 1 is 1.50 bits per heavy atom. The van der Waals surface area contributed by atoms with Crippen LogP contribution in [-0.2, 0) is 6.42 Å². The number of nitrogens with zero attached hydrogens (tertiary/aromatic N) is 2. The van der Waals surface area contributed by atoms with Gasteiger partial charge >= 0.3 is 0 Å². The summed E-state index contributed by atoms with van der Waals surface area (Å²) >= 11 is 0. The van der Waals surface area contributed by atoms with Gasteiger partial charge in [-0.15, -0.1) is 0 Å². The van der Waals surface area contributed by atoms with Crippen molar-refractivity contribution >= 4 is 5.71 Å². The summed E-state index contributed by atoms with van der Waals surface area (Å²) in [7, 11) is 0. The molecule has 1 atom stereocenters. The van der Waals surface area contributed by atoms with Gasteiger partial charge in [-0.25, -0.2) is 0 Å². The van der Waals surface area contributed by atoms with Crippen molar-refractivity contribution in [1.29, 1.82) is 0 Å². The minimum atomic E-state index is 0.482. The molecule has 0 bridgehead atoms. The van der Waals surface area contributed by atoms with Crippen LogP contribution in [0.2, 0.25) is 0 Å². The van der Waals surface area contributed by atoms with Crippen LogP contribution in [0.5, 0.6) is 0 Å². The molecule has 2 heterocycles. The zero-order valence-corrected chi connectivity index (χ0v) is 6.67. The van der Waals surface area contributed by atoms with E-state index in [1.807, 2.05) is 6.20 Å². The van der Waals surface area contributed by atoms with Gasteiger partial charge in [0, 0.05) is 11.3 Å². The van der Waals surface area contributed by atoms with Crippen LogP contribution in [0.25, 0.3) is 0 Å². The molecule has 0 spiro atoms. The summed E-state index contributed by atoms with van der Waals surface area (Å²) in [6.07, 6.45) is 4.12. The Balaban J connectivity index is 2.15. The van der Waals surface area contributed by atoms with E-state index in [4.69, 9.17) is 0 Å². The van der Waals surface area contributed by atoms with E-state index < -0.39 is 0 Å². The average molecular weight is 162 g/mol. The Hall–Kier alpha value is -1.16. The predicted octanol–water partition coefficient (Wildman–Crippen LogP) is 0.0743. The minimum Gasteiger partial charge on any atom is -0.290 e. The lowest BCUT2D eigenvalue weighted by Gasteiger charge is -2.18. The number of fused-ring (bicyclic) bond motifs is 3. The van der Waals surface area contributed by atoms with Gasteiger partial charge in [0.1, 0.15) is 0 Å². The Bertz CT molecular complexity index is 339. The third-order valence-electron chi connectivity index (χ3n) is 2.59. The Kier molecular flexibility index (Phi) is 1.15. The standard InChI is InChI=1S/C8H10N4/c1-2-7-8(10-4-9-7)5-3-11-12-6(1)5/h3,7,9H,1-2,4H2,(H,11,12). The Labute approximate surface area is 70.1 Å². The molecule has 3 rings (SSSR count). The van der Waals surface area contributed by atoms with Gasteiger partial charge in [0.15, 0.2) is 0 Å². The van der Waals surface area contributed by atoms with Crippen molar-refractivity contribution in [1.82, 2.24) is 15.5 Å². The maximum atomic E-state index is 4.42. The SMILES string of the molecule is c1n[nH]c2c1C1=NCNC1CC2. The number of aromatic nitrogens is 2. The van der Waals surface area contributed by atoms with Crippen LogP contribution < -0.4 is 5.32 Å². The first-order valence-electron chi connectivity index (χ1n) is 4.25. The average Bonchev–Trinajstić information content (AvgIpc) is 2.71. The normalized spacial score (nSPS) is 26.3. The molecule has 1 aliphatic heterocycles. The second-order valence-corrected chi connectivity index (χ2v) is 3.26. The molecule has 1 aliphatic carbocycles. The van der Waals surface area contributed by atoms with Gasteiger partial charge in [-0.1, -0.05) is 0 Å². The van der Waals surface area contributed by atoms with Gasteiger partial charge in [0.25, 0.3) is 0 Å². The molecule has 12 heavy (non-hydrogen) atoms. The number of aliphatic imine (C=N–C) groups is 1. The molecular weight excluding hydrogens is 152 g/mol. The number of rotatable bonds is 0. The number of nitrogens with one attached hydrogen (secondary N) is 2. The van der Waals surface area contributed by atoms with Crippen LogP contribution in [0, 0.1) is 0 Å². The Morgan fingerprint density at radius 2 is 2.50 bits per heavy atom. The second-order valence-electron chi connectivity index (χ2n) is 3.26. The summed E-state index contributed by atoms with van der Waals surface area (Å²) in [6.45, 7) is 0.768. The topological polar surface area (TPSA) is 53.1 Å². The number of aromatic amines is 1. The fourth-order valence-electron chi connectivity index (χ4n) is 1.97. The van der Waals surface area contributed by atoms with E-state index in [1.54, 1.807) is 0 Å². The lowest BCUT2D eigenvalue weighted by atomic mass is 9.92. The van der Waals surface area contributed by atoms with Gasteiger partial charge < -0.3 is 0 Å². The summed E-state index contributed by atoms with van der Waals surface area (Å²) in [5.41, 5.74) is 3.66. The van der Waals surface area contributed by atoms with Crippen LogP contribution in [0.4, 0.5) is 0 Å². The van der Waals surface area contributed by atoms with Crippen LogP contribution in [0.3, 0.4) is 0 Å². The Morgan fingerprint density at radius 3 is 3.50 bits per heavy atom. The predicted molar refractivity (Wildman–Crippen MR) is 45.2 cm³/mol. The van der Waals surface area contributed by atoms with Crippen molar-refractivity contribution in [2.24, 2.45) is 4.99 Å². The minimum absolute atomic E-state index is 0.482. The molecule has 1 aromatic rings. The summed E-state index contributed by atoms with van der Waals surface area (Å²) in [5, 5.41) is 10.4. The second kappa shape index (κ2) is 2.17. The van der Waals surface area contributed by atoms with Crippen molar-refractivity contribution in [3.05, 3.63) is 17.5 Å². The van der Waals surface area contributed by atoms with E-state index >= 15 is 0 Å². The van der Waals surface area contributed by atoms with Crippen LogP contribution >= 0.6 is 0 Å². The molecule has 0 aromatic carbocycles. The van der Waals surface area contributed by atoms with E-state index in [0.717, 1.165) is 19.5 Å². The summed E-state index contributed by atoms with van der Waals surface area (Å²) in [5.74, 6) is 0. The third kappa shape index (κ3) is 0.701. The molecule has 4 heteroatoms. The number of H-pyrrole nitrogens is 1. The van der Waals surface area contributed by atoms with E-state index in [2.05, 4.69) is 20.5 Å². The molecule has 62 valence electrons. The monoisotopic (exact) mass is 162 g/mol. The largest absolute Gasteiger partial charge is 0.290 e. The van der Waals surface area contributed by atoms with Crippen molar-refractivity contribution in [3.63, 3.8) is 0 Å². The summed E-state index contributed by atoms with van der Waals surface area (Å²) < 4.78 is 0. The zero-order valence-electron chi connectivity index (χ0n) is 6.67. The molecule has 0 radical (unpaired) electrons. The highest BCUT2D eigenvalue weighted by molar-refractivity contribution is 6.06. The smallest absolute Gasteiger partial charge is 0.0893 e. The van der Waals surface area contributed by atoms with Gasteiger partial charge in [0.05, 0.1) is 24.6 Å². The molecule has 0 amide bonds. The molecule has 1 aromatic heterocycles. The number of hydrogen-bond donors (Lipinski definition) is 2. The maximum absolute atomic E-state index is 4.42. The van der Waals surface area contributed by atoms with Gasteiger partial charge in [-0.3, -0.25) is 15.4 Å². The lowest BCUT2D eigenvalue weighted by Crippen LogP contribution is -2.34. The van der Waals surface area contributed by atoms with Crippen molar-refractivity contribution in [2.45, 2.75) is 18.9 Å². The fraction of sp³-hybridized carbons (Fsp3) is 0.500. The first-order valence-corrected chi connectivity index (χ1v) is 4.25. The molecule has 2 aliphatic rings. The fourth-order valence-corrected chi connectivity index (χ4v) is 1.97. The van der Waals surface area contributed by atoms with Crippen molar-refractivity contribution in [2.75, 3.05) is 6.67 Å². The zero-order chi connectivity index (χ0) is 7.97. The maximum Gasteiger partial charge on any atom is 0.0893 e. The third-order valence-corrected chi connectivity index (χ3v) is 2.59. The quantitative estimate of drug-likeness (QED) is 0.567. The van der Waals surface area contributed by atoms with Crippen LogP contribution in [-0.4, -0.2) is 28.6 Å².